The average Bonchev–Trinajstić information content (AvgIpc) is 2.72. The van der Waals surface area contributed by atoms with E-state index in [0.29, 0.717) is 24.3 Å². The lowest BCUT2D eigenvalue weighted by molar-refractivity contribution is -0.142. The number of hydrogen-bond donors (Lipinski definition) is 0. The first kappa shape index (κ1) is 21.7. The molecule has 29 heavy (non-hydrogen) atoms. The average molecular weight is 393 g/mol. The maximum absolute atomic E-state index is 11.5. The van der Waals surface area contributed by atoms with E-state index in [4.69, 9.17) is 19.5 Å². The largest absolute Gasteiger partial charge is 0.493 e. The third-order valence-corrected chi connectivity index (χ3v) is 3.71. The molecule has 2 rings (SSSR count). The van der Waals surface area contributed by atoms with Crippen LogP contribution in [0.25, 0.3) is 11.1 Å². The van der Waals surface area contributed by atoms with Crippen molar-refractivity contribution in [2.24, 2.45) is 0 Å². The second-order valence-electron chi connectivity index (χ2n) is 6.40. The molecule has 0 spiro atoms. The molecule has 0 aliphatic rings. The first-order chi connectivity index (χ1) is 14.0. The Morgan fingerprint density at radius 2 is 1.52 bits per heavy atom. The van der Waals surface area contributed by atoms with Gasteiger partial charge >= 0.3 is 11.9 Å². The first-order valence-corrected chi connectivity index (χ1v) is 9.27. The Labute approximate surface area is 170 Å². The van der Waals surface area contributed by atoms with Gasteiger partial charge in [-0.2, -0.15) is 5.26 Å². The number of carbonyl (C=O) groups is 2. The van der Waals surface area contributed by atoms with Crippen molar-refractivity contribution in [1.29, 1.82) is 5.26 Å². The Kier molecular flexibility index (Phi) is 8.46. The van der Waals surface area contributed by atoms with E-state index < -0.39 is 11.9 Å². The molecule has 0 N–H and O–H groups in total. The second kappa shape index (κ2) is 11.3. The van der Waals surface area contributed by atoms with Gasteiger partial charge in [-0.15, -0.1) is 0 Å². The molecule has 2 aromatic rings. The van der Waals surface area contributed by atoms with Crippen molar-refractivity contribution in [2.45, 2.75) is 26.4 Å². The minimum atomic E-state index is -0.600. The molecule has 0 bridgehead atoms. The highest BCUT2D eigenvalue weighted by Crippen LogP contribution is 2.22. The van der Waals surface area contributed by atoms with Crippen LogP contribution >= 0.6 is 0 Å². The number of esters is 2. The van der Waals surface area contributed by atoms with Gasteiger partial charge in [0.25, 0.3) is 0 Å². The highest BCUT2D eigenvalue weighted by molar-refractivity contribution is 5.91. The fourth-order valence-electron chi connectivity index (χ4n) is 2.36. The fraction of sp³-hybridized carbons (Fsp3) is 0.261. The zero-order chi connectivity index (χ0) is 21.1. The van der Waals surface area contributed by atoms with Crippen LogP contribution in [-0.2, 0) is 19.1 Å². The van der Waals surface area contributed by atoms with E-state index in [0.717, 1.165) is 23.3 Å². The Bertz CT molecular complexity index is 877. The fourth-order valence-corrected chi connectivity index (χ4v) is 2.36. The summed E-state index contributed by atoms with van der Waals surface area (Å²) in [5, 5.41) is 8.85. The summed E-state index contributed by atoms with van der Waals surface area (Å²) in [6, 6.07) is 17.1. The van der Waals surface area contributed by atoms with Gasteiger partial charge in [0, 0.05) is 18.6 Å². The van der Waals surface area contributed by atoms with Crippen LogP contribution in [0, 0.1) is 11.3 Å². The van der Waals surface area contributed by atoms with E-state index >= 15 is 0 Å². The van der Waals surface area contributed by atoms with Crippen molar-refractivity contribution in [3.05, 3.63) is 66.2 Å². The van der Waals surface area contributed by atoms with E-state index in [1.54, 1.807) is 26.0 Å². The first-order valence-electron chi connectivity index (χ1n) is 9.27. The van der Waals surface area contributed by atoms with E-state index in [1.165, 1.54) is 0 Å². The third kappa shape index (κ3) is 7.89. The predicted molar refractivity (Wildman–Crippen MR) is 108 cm³/mol. The van der Waals surface area contributed by atoms with E-state index in [2.05, 4.69) is 6.07 Å². The van der Waals surface area contributed by atoms with Gasteiger partial charge in [0.2, 0.25) is 0 Å². The van der Waals surface area contributed by atoms with Crippen LogP contribution in [0.2, 0.25) is 0 Å². The number of nitrogens with zero attached hydrogens (tertiary/aromatic N) is 1. The third-order valence-electron chi connectivity index (χ3n) is 3.71. The molecule has 0 aliphatic carbocycles. The number of benzene rings is 2. The molecule has 0 radical (unpaired) electrons. The Morgan fingerprint density at radius 3 is 2.10 bits per heavy atom. The molecular weight excluding hydrogens is 370 g/mol. The number of rotatable bonds is 9. The van der Waals surface area contributed by atoms with Gasteiger partial charge in [-0.05, 0) is 49.2 Å². The van der Waals surface area contributed by atoms with Crippen LogP contribution < -0.4 is 4.74 Å². The molecule has 0 atom stereocenters. The van der Waals surface area contributed by atoms with Crippen molar-refractivity contribution >= 4 is 11.9 Å². The van der Waals surface area contributed by atoms with Crippen LogP contribution in [0.4, 0.5) is 0 Å². The lowest BCUT2D eigenvalue weighted by Crippen LogP contribution is -2.10. The Hall–Kier alpha value is -3.59. The molecule has 0 aliphatic heterocycles. The molecule has 6 heteroatoms. The molecule has 0 saturated heterocycles. The zero-order valence-corrected chi connectivity index (χ0v) is 16.5. The van der Waals surface area contributed by atoms with Gasteiger partial charge in [-0.25, -0.2) is 9.59 Å². The van der Waals surface area contributed by atoms with Crippen LogP contribution in [0.5, 0.6) is 5.75 Å². The number of carbonyl (C=O) groups excluding carboxylic acids is 2. The van der Waals surface area contributed by atoms with E-state index in [-0.39, 0.29) is 12.7 Å². The van der Waals surface area contributed by atoms with Crippen LogP contribution in [-0.4, -0.2) is 31.3 Å². The highest BCUT2D eigenvalue weighted by Gasteiger charge is 2.03. The normalized spacial score (nSPS) is 10.6. The summed E-state index contributed by atoms with van der Waals surface area (Å²) in [7, 11) is 0. The van der Waals surface area contributed by atoms with Crippen molar-refractivity contribution in [3.63, 3.8) is 0 Å². The number of nitriles is 1. The molecule has 0 saturated carbocycles. The maximum atomic E-state index is 11.5. The van der Waals surface area contributed by atoms with Gasteiger partial charge in [0.15, 0.2) is 0 Å². The van der Waals surface area contributed by atoms with Crippen molar-refractivity contribution in [1.82, 2.24) is 0 Å². The Morgan fingerprint density at radius 1 is 0.931 bits per heavy atom. The maximum Gasteiger partial charge on any atom is 0.331 e. The monoisotopic (exact) mass is 393 g/mol. The van der Waals surface area contributed by atoms with Gasteiger partial charge < -0.3 is 14.2 Å². The number of ether oxygens (including phenoxy) is 3. The minimum Gasteiger partial charge on any atom is -0.493 e. The molecule has 0 heterocycles. The standard InChI is InChI=1S/C23H23NO5/c1-17(2)29-23(26)13-12-22(25)28-15-3-14-27-21-10-8-20(9-11-21)19-6-4-18(16-24)5-7-19/h4-13,17H,3,14-15H2,1-2H3/b13-12+. The van der Waals surface area contributed by atoms with Crippen molar-refractivity contribution < 1.29 is 23.8 Å². The summed E-state index contributed by atoms with van der Waals surface area (Å²) in [6.07, 6.45) is 2.38. The van der Waals surface area contributed by atoms with Gasteiger partial charge in [0.1, 0.15) is 5.75 Å². The lowest BCUT2D eigenvalue weighted by atomic mass is 10.0. The summed E-state index contributed by atoms with van der Waals surface area (Å²) < 4.78 is 15.5. The summed E-state index contributed by atoms with van der Waals surface area (Å²) in [6.45, 7) is 4.03. The molecular formula is C23H23NO5. The Balaban J connectivity index is 1.69. The van der Waals surface area contributed by atoms with Crippen LogP contribution in [0.15, 0.2) is 60.7 Å². The van der Waals surface area contributed by atoms with Crippen molar-refractivity contribution in [2.75, 3.05) is 13.2 Å². The van der Waals surface area contributed by atoms with Gasteiger partial charge in [0.05, 0.1) is 31.0 Å². The molecule has 6 nitrogen and oxygen atoms in total. The molecule has 0 fully saturated rings. The lowest BCUT2D eigenvalue weighted by Gasteiger charge is -2.08. The quantitative estimate of drug-likeness (QED) is 0.363. The van der Waals surface area contributed by atoms with E-state index in [1.807, 2.05) is 36.4 Å². The SMILES string of the molecule is CC(C)OC(=O)/C=C/C(=O)OCCCOc1ccc(-c2ccc(C#N)cc2)cc1. The smallest absolute Gasteiger partial charge is 0.331 e. The summed E-state index contributed by atoms with van der Waals surface area (Å²) in [4.78, 5) is 22.8. The zero-order valence-electron chi connectivity index (χ0n) is 16.5. The van der Waals surface area contributed by atoms with Crippen LogP contribution in [0.3, 0.4) is 0 Å². The molecule has 150 valence electrons. The topological polar surface area (TPSA) is 85.6 Å². The minimum absolute atomic E-state index is 0.186. The second-order valence-corrected chi connectivity index (χ2v) is 6.40. The molecule has 0 amide bonds. The summed E-state index contributed by atoms with van der Waals surface area (Å²) in [5.41, 5.74) is 2.67. The van der Waals surface area contributed by atoms with Gasteiger partial charge in [-0.1, -0.05) is 24.3 Å². The van der Waals surface area contributed by atoms with E-state index in [9.17, 15) is 9.59 Å². The summed E-state index contributed by atoms with van der Waals surface area (Å²) in [5.74, 6) is -0.465. The molecule has 2 aromatic carbocycles. The highest BCUT2D eigenvalue weighted by atomic mass is 16.5. The van der Waals surface area contributed by atoms with Crippen LogP contribution in [0.1, 0.15) is 25.8 Å². The van der Waals surface area contributed by atoms with Gasteiger partial charge in [-0.3, -0.25) is 0 Å². The summed E-state index contributed by atoms with van der Waals surface area (Å²) >= 11 is 0. The number of hydrogen-bond acceptors (Lipinski definition) is 6. The molecule has 0 aromatic heterocycles. The molecule has 0 unspecified atom stereocenters. The predicted octanol–water partition coefficient (Wildman–Crippen LogP) is 4.05. The van der Waals surface area contributed by atoms with Crippen molar-refractivity contribution in [3.8, 4) is 22.9 Å².